The average molecular weight is 447 g/mol. The molecule has 3 heterocycles. The fourth-order valence-corrected chi connectivity index (χ4v) is 5.30. The highest BCUT2D eigenvalue weighted by Gasteiger charge is 2.26. The molecule has 1 aromatic carbocycles. The summed E-state index contributed by atoms with van der Waals surface area (Å²) >= 11 is 0. The van der Waals surface area contributed by atoms with E-state index >= 15 is 0 Å². The molecule has 2 aromatic rings. The minimum absolute atomic E-state index is 0.282. The van der Waals surface area contributed by atoms with E-state index in [1.54, 1.807) is 30.6 Å². The molecule has 0 bridgehead atoms. The Labute approximate surface area is 184 Å². The number of nitrogens with zero attached hydrogens (tertiary/aromatic N) is 5. The first-order chi connectivity index (χ1) is 15.0. The van der Waals surface area contributed by atoms with Gasteiger partial charge >= 0.3 is 0 Å². The maximum atomic E-state index is 12.8. The van der Waals surface area contributed by atoms with Gasteiger partial charge in [-0.3, -0.25) is 4.90 Å². The standard InChI is InChI=1S/C21H30N6O3S/c1-25(17-26-9-3-2-4-10-26)21-15-20(22-16-23-21)24-18-5-7-19(8-6-18)31(28,29)27-11-13-30-14-12-27/h5-8,15-16H,2-4,9-14,17H2,1H3,(H,22,23,24). The maximum Gasteiger partial charge on any atom is 0.243 e. The molecule has 1 aromatic heterocycles. The van der Waals surface area contributed by atoms with Crippen molar-refractivity contribution in [2.45, 2.75) is 24.2 Å². The van der Waals surface area contributed by atoms with Gasteiger partial charge in [-0.25, -0.2) is 18.4 Å². The molecule has 2 aliphatic rings. The Balaban J connectivity index is 1.40. The van der Waals surface area contributed by atoms with Crippen LogP contribution < -0.4 is 10.2 Å². The van der Waals surface area contributed by atoms with Crippen LogP contribution in [0.3, 0.4) is 0 Å². The van der Waals surface area contributed by atoms with Crippen molar-refractivity contribution < 1.29 is 13.2 Å². The average Bonchev–Trinajstić information content (AvgIpc) is 2.81. The van der Waals surface area contributed by atoms with E-state index < -0.39 is 10.0 Å². The number of aromatic nitrogens is 2. The van der Waals surface area contributed by atoms with Crippen LogP contribution in [0.15, 0.2) is 41.6 Å². The minimum Gasteiger partial charge on any atom is -0.379 e. The third-order valence-electron chi connectivity index (χ3n) is 5.64. The second kappa shape index (κ2) is 9.90. The van der Waals surface area contributed by atoms with Crippen LogP contribution in [0.1, 0.15) is 19.3 Å². The van der Waals surface area contributed by atoms with Crippen LogP contribution in [0.25, 0.3) is 0 Å². The predicted octanol–water partition coefficient (Wildman–Crippen LogP) is 2.12. The molecule has 9 nitrogen and oxygen atoms in total. The van der Waals surface area contributed by atoms with Crippen molar-refractivity contribution in [2.24, 2.45) is 0 Å². The molecule has 0 aliphatic carbocycles. The van der Waals surface area contributed by atoms with E-state index in [-0.39, 0.29) is 4.90 Å². The van der Waals surface area contributed by atoms with E-state index in [9.17, 15) is 8.42 Å². The van der Waals surface area contributed by atoms with Crippen molar-refractivity contribution in [3.63, 3.8) is 0 Å². The summed E-state index contributed by atoms with van der Waals surface area (Å²) in [5, 5.41) is 3.24. The first-order valence-electron chi connectivity index (χ1n) is 10.7. The fourth-order valence-electron chi connectivity index (χ4n) is 3.89. The number of rotatable bonds is 7. The van der Waals surface area contributed by atoms with Gasteiger partial charge in [-0.1, -0.05) is 6.42 Å². The van der Waals surface area contributed by atoms with Gasteiger partial charge < -0.3 is 15.0 Å². The molecular formula is C21H30N6O3S. The van der Waals surface area contributed by atoms with Gasteiger partial charge in [0.15, 0.2) is 0 Å². The predicted molar refractivity (Wildman–Crippen MR) is 120 cm³/mol. The van der Waals surface area contributed by atoms with Crippen molar-refractivity contribution in [3.05, 3.63) is 36.7 Å². The molecule has 2 fully saturated rings. The molecule has 168 valence electrons. The number of anilines is 3. The lowest BCUT2D eigenvalue weighted by Gasteiger charge is -2.31. The second-order valence-corrected chi connectivity index (χ2v) is 9.88. The largest absolute Gasteiger partial charge is 0.379 e. The van der Waals surface area contributed by atoms with Crippen molar-refractivity contribution in [1.29, 1.82) is 0 Å². The lowest BCUT2D eigenvalue weighted by atomic mass is 10.1. The van der Waals surface area contributed by atoms with Gasteiger partial charge in [0.05, 0.1) is 24.8 Å². The Morgan fingerprint density at radius 2 is 1.74 bits per heavy atom. The molecule has 0 amide bonds. The monoisotopic (exact) mass is 446 g/mol. The minimum atomic E-state index is -3.50. The van der Waals surface area contributed by atoms with Crippen LogP contribution in [0.5, 0.6) is 0 Å². The van der Waals surface area contributed by atoms with E-state index in [4.69, 9.17) is 4.74 Å². The Morgan fingerprint density at radius 3 is 2.45 bits per heavy atom. The summed E-state index contributed by atoms with van der Waals surface area (Å²) in [6.45, 7) is 4.72. The van der Waals surface area contributed by atoms with Crippen LogP contribution in [0.2, 0.25) is 0 Å². The van der Waals surface area contributed by atoms with E-state index in [1.165, 1.54) is 23.6 Å². The van der Waals surface area contributed by atoms with Crippen LogP contribution in [0, 0.1) is 0 Å². The van der Waals surface area contributed by atoms with Crippen molar-refractivity contribution in [2.75, 3.05) is 63.3 Å². The van der Waals surface area contributed by atoms with Crippen LogP contribution in [0.4, 0.5) is 17.3 Å². The molecule has 0 saturated carbocycles. The number of hydrogen-bond acceptors (Lipinski definition) is 8. The summed E-state index contributed by atoms with van der Waals surface area (Å²) in [7, 11) is -1.46. The van der Waals surface area contributed by atoms with Crippen LogP contribution in [-0.4, -0.2) is 80.7 Å². The van der Waals surface area contributed by atoms with Crippen molar-refractivity contribution in [3.8, 4) is 0 Å². The summed E-state index contributed by atoms with van der Waals surface area (Å²) in [5.41, 5.74) is 0.768. The molecule has 31 heavy (non-hydrogen) atoms. The third-order valence-corrected chi connectivity index (χ3v) is 7.55. The zero-order valence-corrected chi connectivity index (χ0v) is 18.7. The van der Waals surface area contributed by atoms with Crippen LogP contribution in [-0.2, 0) is 14.8 Å². The first-order valence-corrected chi connectivity index (χ1v) is 12.2. The van der Waals surface area contributed by atoms with Crippen molar-refractivity contribution in [1.82, 2.24) is 19.2 Å². The summed E-state index contributed by atoms with van der Waals surface area (Å²) in [6.07, 6.45) is 5.36. The zero-order chi connectivity index (χ0) is 21.7. The second-order valence-electron chi connectivity index (χ2n) is 7.95. The molecule has 2 saturated heterocycles. The van der Waals surface area contributed by atoms with Gasteiger partial charge in [0.1, 0.15) is 18.0 Å². The number of sulfonamides is 1. The van der Waals surface area contributed by atoms with E-state index in [0.717, 1.165) is 31.3 Å². The Kier molecular flexibility index (Phi) is 7.01. The summed E-state index contributed by atoms with van der Waals surface area (Å²) in [6, 6.07) is 8.66. The SMILES string of the molecule is CN(CN1CCCCC1)c1cc(Nc2ccc(S(=O)(=O)N3CCOCC3)cc2)ncn1. The number of morpholine rings is 1. The normalized spacial score (nSPS) is 18.6. The van der Waals surface area contributed by atoms with Gasteiger partial charge in [-0.05, 0) is 50.2 Å². The number of hydrogen-bond donors (Lipinski definition) is 1. The zero-order valence-electron chi connectivity index (χ0n) is 17.9. The molecule has 1 N–H and O–H groups in total. The van der Waals surface area contributed by atoms with Crippen molar-refractivity contribution >= 4 is 27.3 Å². The highest BCUT2D eigenvalue weighted by Crippen LogP contribution is 2.22. The first kappa shape index (κ1) is 21.9. The molecular weight excluding hydrogens is 416 g/mol. The Hall–Kier alpha value is -2.27. The lowest BCUT2D eigenvalue weighted by Crippen LogP contribution is -2.40. The molecule has 0 radical (unpaired) electrons. The molecule has 4 rings (SSSR count). The van der Waals surface area contributed by atoms with E-state index in [1.807, 2.05) is 13.1 Å². The third kappa shape index (κ3) is 5.51. The highest BCUT2D eigenvalue weighted by molar-refractivity contribution is 7.89. The smallest absolute Gasteiger partial charge is 0.243 e. The number of likely N-dealkylation sites (tertiary alicyclic amines) is 1. The maximum absolute atomic E-state index is 12.8. The molecule has 0 spiro atoms. The number of nitrogens with one attached hydrogen (secondary N) is 1. The Bertz CT molecular complexity index is 957. The Morgan fingerprint density at radius 1 is 1.03 bits per heavy atom. The molecule has 2 aliphatic heterocycles. The summed E-state index contributed by atoms with van der Waals surface area (Å²) in [5.74, 6) is 1.51. The van der Waals surface area contributed by atoms with Gasteiger partial charge in [0.25, 0.3) is 0 Å². The van der Waals surface area contributed by atoms with E-state index in [0.29, 0.717) is 32.1 Å². The molecule has 10 heteroatoms. The van der Waals surface area contributed by atoms with Gasteiger partial charge in [-0.15, -0.1) is 0 Å². The molecule has 0 unspecified atom stereocenters. The van der Waals surface area contributed by atoms with Crippen LogP contribution >= 0.6 is 0 Å². The lowest BCUT2D eigenvalue weighted by molar-refractivity contribution is 0.0730. The summed E-state index contributed by atoms with van der Waals surface area (Å²) in [4.78, 5) is 13.5. The quantitative estimate of drug-likeness (QED) is 0.692. The summed E-state index contributed by atoms with van der Waals surface area (Å²) < 4.78 is 32.2. The topological polar surface area (TPSA) is 90.9 Å². The number of piperidine rings is 1. The fraction of sp³-hybridized carbons (Fsp3) is 0.524. The van der Waals surface area contributed by atoms with Gasteiger partial charge in [0.2, 0.25) is 10.0 Å². The van der Waals surface area contributed by atoms with Gasteiger partial charge in [0, 0.05) is 31.9 Å². The number of benzene rings is 1. The number of ether oxygens (including phenoxy) is 1. The van der Waals surface area contributed by atoms with Gasteiger partial charge in [-0.2, -0.15) is 4.31 Å². The molecule has 0 atom stereocenters. The highest BCUT2D eigenvalue weighted by atomic mass is 32.2. The van der Waals surface area contributed by atoms with E-state index in [2.05, 4.69) is 25.1 Å².